The third kappa shape index (κ3) is 30.4. The third-order valence-electron chi connectivity index (χ3n) is 8.31. The number of hydrogen-bond acceptors (Lipinski definition) is 10. The first-order valence-corrected chi connectivity index (χ1v) is 20.6. The third-order valence-corrected chi connectivity index (χ3v) is 8.50. The van der Waals surface area contributed by atoms with Crippen molar-refractivity contribution in [2.24, 2.45) is 0 Å². The Morgan fingerprint density at radius 3 is 1.54 bits per heavy atom. The zero-order valence-electron chi connectivity index (χ0n) is 37.8. The van der Waals surface area contributed by atoms with Gasteiger partial charge in [0.2, 0.25) is 0 Å². The van der Waals surface area contributed by atoms with Crippen LogP contribution in [0.2, 0.25) is 0 Å². The lowest BCUT2D eigenvalue weighted by Crippen LogP contribution is -3.00. The molecule has 0 radical (unpaired) electrons. The Hall–Kier alpha value is -4.27. The second kappa shape index (κ2) is 42.4. The van der Waals surface area contributed by atoms with Gasteiger partial charge >= 0.3 is 12.8 Å². The number of alkyl halides is 1. The zero-order valence-corrected chi connectivity index (χ0v) is 40.1. The predicted octanol–water partition coefficient (Wildman–Crippen LogP) is 0.392. The number of rotatable bonds is 17. The molecule has 0 spiro atoms. The first-order valence-electron chi connectivity index (χ1n) is 20.1. The molecule has 0 saturated heterocycles. The monoisotopic (exact) mass is 911 g/mol. The lowest BCUT2D eigenvalue weighted by Gasteiger charge is -2.13. The molecular formula is C46H72Cl3N5O7. The van der Waals surface area contributed by atoms with Gasteiger partial charge in [-0.25, -0.2) is 9.15 Å². The number of nitrogens with zero attached hydrogens (tertiary/aromatic N) is 5. The molecule has 1 heterocycles. The van der Waals surface area contributed by atoms with Crippen molar-refractivity contribution in [3.8, 4) is 29.4 Å². The molecule has 0 aromatic heterocycles. The SMILES string of the molecule is CC#N.CC#N.CCN(CC)CC.C[N+](C)=COCCc1cccc(O)c1CCOC=[N+](C)C.ClCCc1cccc2c1CCO2.OCCc1cccc(O)c1CCO.[Cl-].[Cl-]. The lowest BCUT2D eigenvalue weighted by molar-refractivity contribution is -0.468. The van der Waals surface area contributed by atoms with E-state index in [9.17, 15) is 10.2 Å². The molecule has 61 heavy (non-hydrogen) atoms. The molecule has 4 rings (SSSR count). The van der Waals surface area contributed by atoms with E-state index in [1.165, 1.54) is 44.6 Å². The highest BCUT2D eigenvalue weighted by Crippen LogP contribution is 2.28. The summed E-state index contributed by atoms with van der Waals surface area (Å²) in [6.07, 6.45) is 7.71. The van der Waals surface area contributed by atoms with Gasteiger partial charge in [-0.3, -0.25) is 0 Å². The van der Waals surface area contributed by atoms with Gasteiger partial charge in [-0.05, 0) is 79.3 Å². The lowest BCUT2D eigenvalue weighted by atomic mass is 10.0. The molecule has 0 aliphatic carbocycles. The summed E-state index contributed by atoms with van der Waals surface area (Å²) in [6, 6.07) is 20.5. The van der Waals surface area contributed by atoms with E-state index >= 15 is 0 Å². The van der Waals surface area contributed by atoms with Crippen LogP contribution in [0.25, 0.3) is 0 Å². The largest absolute Gasteiger partial charge is 1.00 e. The smallest absolute Gasteiger partial charge is 0.323 e. The Balaban J connectivity index is -0.000000354. The van der Waals surface area contributed by atoms with Gasteiger partial charge in [0, 0.05) is 63.3 Å². The summed E-state index contributed by atoms with van der Waals surface area (Å²) < 4.78 is 20.0. The van der Waals surface area contributed by atoms with Crippen LogP contribution in [0, 0.1) is 22.7 Å². The Bertz CT molecular complexity index is 1670. The molecular weight excluding hydrogens is 841 g/mol. The Morgan fingerprint density at radius 2 is 1.11 bits per heavy atom. The molecule has 0 amide bonds. The number of aliphatic hydroxyl groups is 2. The van der Waals surface area contributed by atoms with Gasteiger partial charge in [0.05, 0.1) is 32.0 Å². The van der Waals surface area contributed by atoms with Gasteiger partial charge in [-0.2, -0.15) is 10.5 Å². The van der Waals surface area contributed by atoms with Crippen molar-refractivity contribution >= 4 is 24.4 Å². The molecule has 15 heteroatoms. The molecule has 0 atom stereocenters. The number of aromatic hydroxyl groups is 2. The van der Waals surface area contributed by atoms with Crippen molar-refractivity contribution < 1.29 is 68.6 Å². The summed E-state index contributed by atoms with van der Waals surface area (Å²) in [5.41, 5.74) is 6.36. The highest BCUT2D eigenvalue weighted by atomic mass is 35.5. The zero-order chi connectivity index (χ0) is 44.8. The number of phenols is 2. The number of ether oxygens (including phenoxy) is 3. The minimum atomic E-state index is 0. The molecule has 4 N–H and O–H groups in total. The maximum absolute atomic E-state index is 10.0. The molecule has 0 fully saturated rings. The van der Waals surface area contributed by atoms with E-state index in [0.29, 0.717) is 44.1 Å². The van der Waals surface area contributed by atoms with E-state index in [1.54, 1.807) is 43.1 Å². The van der Waals surface area contributed by atoms with E-state index in [4.69, 9.17) is 46.5 Å². The predicted molar refractivity (Wildman–Crippen MR) is 240 cm³/mol. The van der Waals surface area contributed by atoms with Crippen LogP contribution in [0.4, 0.5) is 0 Å². The Labute approximate surface area is 384 Å². The molecule has 0 unspecified atom stereocenters. The maximum atomic E-state index is 10.0. The second-order valence-electron chi connectivity index (χ2n) is 13.2. The van der Waals surface area contributed by atoms with Gasteiger partial charge < -0.3 is 64.4 Å². The molecule has 0 bridgehead atoms. The van der Waals surface area contributed by atoms with Crippen LogP contribution in [0.3, 0.4) is 0 Å². The minimum absolute atomic E-state index is 0. The first-order chi connectivity index (χ1) is 28.4. The summed E-state index contributed by atoms with van der Waals surface area (Å²) in [5, 5.41) is 51.6. The average molecular weight is 913 g/mol. The van der Waals surface area contributed by atoms with Crippen LogP contribution < -0.4 is 29.6 Å². The van der Waals surface area contributed by atoms with E-state index in [1.807, 2.05) is 67.7 Å². The van der Waals surface area contributed by atoms with Crippen molar-refractivity contribution in [1.29, 1.82) is 10.5 Å². The van der Waals surface area contributed by atoms with Crippen LogP contribution in [-0.4, -0.2) is 134 Å². The topological polar surface area (TPSA) is 165 Å². The number of aryl methyl sites for hydroxylation is 1. The molecule has 344 valence electrons. The maximum Gasteiger partial charge on any atom is 0.323 e. The summed E-state index contributed by atoms with van der Waals surface area (Å²) in [7, 11) is 7.64. The van der Waals surface area contributed by atoms with E-state index in [2.05, 4.69) is 31.7 Å². The summed E-state index contributed by atoms with van der Waals surface area (Å²) >= 11 is 5.70. The molecule has 3 aromatic rings. The Kier molecular flexibility index (Phi) is 44.1. The summed E-state index contributed by atoms with van der Waals surface area (Å²) in [6.45, 7) is 15.0. The van der Waals surface area contributed by atoms with Crippen molar-refractivity contribution in [3.63, 3.8) is 0 Å². The average Bonchev–Trinajstić information content (AvgIpc) is 3.70. The van der Waals surface area contributed by atoms with Crippen LogP contribution in [0.5, 0.6) is 17.2 Å². The fourth-order valence-electron chi connectivity index (χ4n) is 5.55. The second-order valence-corrected chi connectivity index (χ2v) is 13.5. The number of fused-ring (bicyclic) bond motifs is 1. The van der Waals surface area contributed by atoms with Gasteiger partial charge in [0.25, 0.3) is 0 Å². The summed E-state index contributed by atoms with van der Waals surface area (Å²) in [5.74, 6) is 2.26. The van der Waals surface area contributed by atoms with E-state index in [-0.39, 0.29) is 43.8 Å². The number of phenolic OH excluding ortho intramolecular Hbond substituents is 2. The van der Waals surface area contributed by atoms with Gasteiger partial charge in [-0.15, -0.1) is 11.6 Å². The van der Waals surface area contributed by atoms with Crippen LogP contribution >= 0.6 is 11.6 Å². The number of benzene rings is 3. The fourth-order valence-corrected chi connectivity index (χ4v) is 5.76. The minimum Gasteiger partial charge on any atom is -1.00 e. The quantitative estimate of drug-likeness (QED) is 0.0490. The number of aliphatic hydroxyl groups excluding tert-OH is 2. The highest BCUT2D eigenvalue weighted by Gasteiger charge is 2.14. The van der Waals surface area contributed by atoms with E-state index in [0.717, 1.165) is 53.9 Å². The number of halogens is 3. The van der Waals surface area contributed by atoms with E-state index < -0.39 is 0 Å². The Morgan fingerprint density at radius 1 is 0.689 bits per heavy atom. The molecule has 3 aromatic carbocycles. The van der Waals surface area contributed by atoms with Gasteiger partial charge in [0.1, 0.15) is 45.4 Å². The highest BCUT2D eigenvalue weighted by molar-refractivity contribution is 6.18. The number of nitriles is 2. The molecule has 1 aliphatic rings. The molecule has 1 aliphatic heterocycles. The van der Waals surface area contributed by atoms with Crippen molar-refractivity contribution in [1.82, 2.24) is 4.90 Å². The molecule has 12 nitrogen and oxygen atoms in total. The van der Waals surface area contributed by atoms with Crippen molar-refractivity contribution in [2.75, 3.05) is 86.7 Å². The first kappa shape index (κ1) is 63.4. The standard InChI is InChI=1S/C16H25N2O3.C10H11ClO.C10H14O3.C6H15N.2C2H3N.2ClH/c1-17(2)12-20-10-8-14-6-5-7-16(19)15(14)9-11-21-13-18(3)4;11-6-4-8-2-1-3-10-9(8)5-7-12-10;11-6-4-8-2-1-3-10(13)9(8)5-7-12;1-4-7(5-2)6-3;2*1-2-3;;/h5-7,12-13H,8-11H2,1-4H3;1-3H,4-7H2;1-3,11-13H,4-7H2;4-6H2,1-3H3;2*1H3;2*1H/q+1;;;;;;;/p-1. The van der Waals surface area contributed by atoms with Crippen LogP contribution in [0.1, 0.15) is 68.0 Å². The fraction of sp³-hybridized carbons (Fsp3) is 0.522. The van der Waals surface area contributed by atoms with Gasteiger partial charge in [0.15, 0.2) is 0 Å². The van der Waals surface area contributed by atoms with Crippen LogP contribution in [0.15, 0.2) is 54.6 Å². The van der Waals surface area contributed by atoms with Crippen LogP contribution in [-0.2, 0) is 48.0 Å². The van der Waals surface area contributed by atoms with Crippen molar-refractivity contribution in [2.45, 2.75) is 73.1 Å². The van der Waals surface area contributed by atoms with Crippen molar-refractivity contribution in [3.05, 3.63) is 88.0 Å². The normalized spacial score (nSPS) is 9.82. The summed E-state index contributed by atoms with van der Waals surface area (Å²) in [4.78, 5) is 2.38. The number of hydrogen-bond donors (Lipinski definition) is 4. The molecule has 0 saturated carbocycles. The van der Waals surface area contributed by atoms with Gasteiger partial charge in [-0.1, -0.05) is 57.2 Å².